The lowest BCUT2D eigenvalue weighted by Crippen LogP contribution is -2.05. The van der Waals surface area contributed by atoms with Crippen molar-refractivity contribution >= 4 is 22.4 Å². The van der Waals surface area contributed by atoms with E-state index in [1.165, 1.54) is 5.56 Å². The second kappa shape index (κ2) is 5.05. The molecule has 0 aliphatic carbocycles. The zero-order valence-electron chi connectivity index (χ0n) is 12.4. The van der Waals surface area contributed by atoms with Crippen molar-refractivity contribution < 1.29 is 0 Å². The van der Waals surface area contributed by atoms with Crippen LogP contribution in [0.2, 0.25) is 0 Å². The Morgan fingerprint density at radius 1 is 1.24 bits per heavy atom. The summed E-state index contributed by atoms with van der Waals surface area (Å²) in [6.45, 7) is 4.76. The fourth-order valence-electron chi connectivity index (χ4n) is 2.46. The highest BCUT2D eigenvalue weighted by molar-refractivity contribution is 5.90. The highest BCUT2D eigenvalue weighted by Gasteiger charge is 2.10. The summed E-state index contributed by atoms with van der Waals surface area (Å²) in [4.78, 5) is 8.58. The molecule has 0 saturated heterocycles. The van der Waals surface area contributed by atoms with E-state index in [1.54, 1.807) is 6.33 Å². The predicted octanol–water partition coefficient (Wildman–Crippen LogP) is 2.17. The number of rotatable bonds is 3. The lowest BCUT2D eigenvalue weighted by Gasteiger charge is -2.09. The van der Waals surface area contributed by atoms with Gasteiger partial charge in [0.25, 0.3) is 0 Å². The molecule has 3 N–H and O–H groups in total. The van der Waals surface area contributed by atoms with Crippen LogP contribution in [0, 0.1) is 13.8 Å². The van der Waals surface area contributed by atoms with E-state index >= 15 is 0 Å². The summed E-state index contributed by atoms with van der Waals surface area (Å²) < 4.78 is 1.89. The summed E-state index contributed by atoms with van der Waals surface area (Å²) in [5.74, 6) is 0.808. The third kappa shape index (κ3) is 2.40. The molecule has 0 amide bonds. The average Bonchev–Trinajstić information content (AvgIpc) is 2.70. The molecular formula is C15H18N6. The molecule has 0 unspecified atom stereocenters. The van der Waals surface area contributed by atoms with Gasteiger partial charge in [-0.15, -0.1) is 0 Å². The number of anilines is 2. The van der Waals surface area contributed by atoms with Crippen molar-refractivity contribution in [3.8, 4) is 0 Å². The quantitative estimate of drug-likeness (QED) is 0.719. The molecule has 0 atom stereocenters. The molecule has 0 spiro atoms. The lowest BCUT2D eigenvalue weighted by molar-refractivity contribution is 0.730. The van der Waals surface area contributed by atoms with Gasteiger partial charge in [0.2, 0.25) is 0 Å². The third-order valence-electron chi connectivity index (χ3n) is 3.75. The van der Waals surface area contributed by atoms with Gasteiger partial charge in [0, 0.05) is 35.9 Å². The average molecular weight is 282 g/mol. The van der Waals surface area contributed by atoms with Crippen LogP contribution in [0.3, 0.4) is 0 Å². The number of aryl methyl sites for hydroxylation is 2. The molecule has 21 heavy (non-hydrogen) atoms. The molecule has 2 heterocycles. The van der Waals surface area contributed by atoms with Crippen LogP contribution in [0.25, 0.3) is 10.9 Å². The van der Waals surface area contributed by atoms with E-state index in [0.717, 1.165) is 28.1 Å². The van der Waals surface area contributed by atoms with Crippen LogP contribution >= 0.6 is 0 Å². The molecule has 0 bridgehead atoms. The Hall–Kier alpha value is -2.63. The Labute approximate surface area is 123 Å². The van der Waals surface area contributed by atoms with Crippen molar-refractivity contribution in [3.63, 3.8) is 0 Å². The summed E-state index contributed by atoms with van der Waals surface area (Å²) in [6.07, 6.45) is 1.55. The number of nitrogens with one attached hydrogen (secondary N) is 1. The van der Waals surface area contributed by atoms with Crippen molar-refractivity contribution in [2.75, 3.05) is 11.1 Å². The van der Waals surface area contributed by atoms with Gasteiger partial charge in [0.05, 0.1) is 11.2 Å². The lowest BCUT2D eigenvalue weighted by atomic mass is 10.2. The van der Waals surface area contributed by atoms with Gasteiger partial charge in [0.1, 0.15) is 12.1 Å². The maximum atomic E-state index is 5.79. The topological polar surface area (TPSA) is 81.7 Å². The van der Waals surface area contributed by atoms with Crippen molar-refractivity contribution in [2.24, 2.45) is 7.05 Å². The van der Waals surface area contributed by atoms with Crippen LogP contribution in [-0.2, 0) is 13.6 Å². The first-order valence-electron chi connectivity index (χ1n) is 6.79. The summed E-state index contributed by atoms with van der Waals surface area (Å²) in [7, 11) is 1.95. The Balaban J connectivity index is 1.92. The van der Waals surface area contributed by atoms with Crippen molar-refractivity contribution in [1.29, 1.82) is 0 Å². The van der Waals surface area contributed by atoms with E-state index in [-0.39, 0.29) is 0 Å². The van der Waals surface area contributed by atoms with Crippen molar-refractivity contribution in [3.05, 3.63) is 41.5 Å². The van der Waals surface area contributed by atoms with E-state index in [4.69, 9.17) is 5.73 Å². The molecule has 6 heteroatoms. The molecule has 3 aromatic rings. The molecule has 108 valence electrons. The van der Waals surface area contributed by atoms with E-state index < -0.39 is 0 Å². The van der Waals surface area contributed by atoms with E-state index in [2.05, 4.69) is 27.3 Å². The van der Waals surface area contributed by atoms with Crippen LogP contribution in [0.1, 0.15) is 17.0 Å². The first-order valence-corrected chi connectivity index (χ1v) is 6.79. The number of benzene rings is 1. The minimum absolute atomic E-state index is 0.683. The highest BCUT2D eigenvalue weighted by Crippen LogP contribution is 2.22. The maximum absolute atomic E-state index is 5.79. The Kier molecular flexibility index (Phi) is 3.21. The number of nitrogens with zero attached hydrogens (tertiary/aromatic N) is 4. The second-order valence-electron chi connectivity index (χ2n) is 5.13. The zero-order chi connectivity index (χ0) is 15.0. The Bertz CT molecular complexity index is 805. The number of hydrogen-bond donors (Lipinski definition) is 2. The van der Waals surface area contributed by atoms with Crippen LogP contribution in [0.4, 0.5) is 11.5 Å². The highest BCUT2D eigenvalue weighted by atomic mass is 15.3. The number of fused-ring (bicyclic) bond motifs is 1. The van der Waals surface area contributed by atoms with Crippen molar-refractivity contribution in [1.82, 2.24) is 19.7 Å². The van der Waals surface area contributed by atoms with Gasteiger partial charge in [-0.3, -0.25) is 4.68 Å². The number of nitrogens with two attached hydrogens (primary N) is 1. The molecule has 3 rings (SSSR count). The summed E-state index contributed by atoms with van der Waals surface area (Å²) in [5, 5.41) is 8.76. The molecule has 0 radical (unpaired) electrons. The summed E-state index contributed by atoms with van der Waals surface area (Å²) >= 11 is 0. The molecule has 1 aromatic carbocycles. The fourth-order valence-corrected chi connectivity index (χ4v) is 2.46. The minimum atomic E-state index is 0.683. The van der Waals surface area contributed by atoms with Gasteiger partial charge in [0.15, 0.2) is 0 Å². The summed E-state index contributed by atoms with van der Waals surface area (Å²) in [6, 6.07) is 5.65. The third-order valence-corrected chi connectivity index (χ3v) is 3.75. The van der Waals surface area contributed by atoms with Gasteiger partial charge in [-0.2, -0.15) is 5.10 Å². The van der Waals surface area contributed by atoms with Gasteiger partial charge >= 0.3 is 0 Å². The van der Waals surface area contributed by atoms with Crippen LogP contribution < -0.4 is 11.1 Å². The first kappa shape index (κ1) is 13.4. The van der Waals surface area contributed by atoms with Gasteiger partial charge in [-0.05, 0) is 32.0 Å². The van der Waals surface area contributed by atoms with Crippen LogP contribution in [-0.4, -0.2) is 19.7 Å². The SMILES string of the molecule is Cc1nn(C)c(C)c1CNc1ncnc2cc(N)ccc12. The molecule has 0 saturated carbocycles. The number of nitrogen functional groups attached to an aromatic ring is 1. The van der Waals surface area contributed by atoms with E-state index in [9.17, 15) is 0 Å². The van der Waals surface area contributed by atoms with E-state index in [1.807, 2.05) is 36.9 Å². The number of aromatic nitrogens is 4. The fraction of sp³-hybridized carbons (Fsp3) is 0.267. The molecule has 0 aliphatic heterocycles. The molecule has 0 fully saturated rings. The molecule has 6 nitrogen and oxygen atoms in total. The van der Waals surface area contributed by atoms with Crippen LogP contribution in [0.5, 0.6) is 0 Å². The normalized spacial score (nSPS) is 11.0. The molecule has 2 aromatic heterocycles. The molecular weight excluding hydrogens is 264 g/mol. The Morgan fingerprint density at radius 3 is 2.76 bits per heavy atom. The standard InChI is InChI=1S/C15H18N6/c1-9-13(10(2)21(3)20-9)7-17-15-12-5-4-11(16)6-14(12)18-8-19-15/h4-6,8H,7,16H2,1-3H3,(H,17,18,19). The van der Waals surface area contributed by atoms with Gasteiger partial charge in [-0.1, -0.05) is 0 Å². The maximum Gasteiger partial charge on any atom is 0.137 e. The first-order chi connectivity index (χ1) is 10.1. The van der Waals surface area contributed by atoms with Gasteiger partial charge < -0.3 is 11.1 Å². The largest absolute Gasteiger partial charge is 0.399 e. The number of hydrogen-bond acceptors (Lipinski definition) is 5. The zero-order valence-corrected chi connectivity index (χ0v) is 12.4. The minimum Gasteiger partial charge on any atom is -0.399 e. The van der Waals surface area contributed by atoms with Gasteiger partial charge in [-0.25, -0.2) is 9.97 Å². The van der Waals surface area contributed by atoms with Crippen LogP contribution in [0.15, 0.2) is 24.5 Å². The smallest absolute Gasteiger partial charge is 0.137 e. The molecule has 0 aliphatic rings. The van der Waals surface area contributed by atoms with E-state index in [0.29, 0.717) is 12.2 Å². The Morgan fingerprint density at radius 2 is 2.05 bits per heavy atom. The monoisotopic (exact) mass is 282 g/mol. The predicted molar refractivity (Wildman–Crippen MR) is 84.0 cm³/mol. The second-order valence-corrected chi connectivity index (χ2v) is 5.13. The van der Waals surface area contributed by atoms with Crippen molar-refractivity contribution in [2.45, 2.75) is 20.4 Å². The summed E-state index contributed by atoms with van der Waals surface area (Å²) in [5.41, 5.74) is 10.7.